The van der Waals surface area contributed by atoms with E-state index in [-0.39, 0.29) is 12.0 Å². The normalized spacial score (nSPS) is 20.3. The molecule has 4 nitrogen and oxygen atoms in total. The fourth-order valence-corrected chi connectivity index (χ4v) is 3.45. The molecular weight excluding hydrogens is 350 g/mol. The number of methoxy groups -OCH3 is 1. The molecule has 0 fully saturated rings. The maximum absolute atomic E-state index is 12.4. The van der Waals surface area contributed by atoms with Gasteiger partial charge in [-0.25, -0.2) is 0 Å². The Morgan fingerprint density at radius 2 is 1.46 bits per heavy atom. The van der Waals surface area contributed by atoms with Gasteiger partial charge in [0.25, 0.3) is 0 Å². The van der Waals surface area contributed by atoms with Gasteiger partial charge >= 0.3 is 0 Å². The van der Waals surface area contributed by atoms with Crippen molar-refractivity contribution >= 4 is 6.21 Å². The van der Waals surface area contributed by atoms with Crippen molar-refractivity contribution in [2.45, 2.75) is 12.1 Å². The highest BCUT2D eigenvalue weighted by molar-refractivity contribution is 5.76. The summed E-state index contributed by atoms with van der Waals surface area (Å²) in [4.78, 5) is 0. The molecule has 0 aromatic heterocycles. The Bertz CT molecular complexity index is 979. The molecule has 1 aliphatic heterocycles. The zero-order valence-electron chi connectivity index (χ0n) is 15.6. The Kier molecular flexibility index (Phi) is 5.11. The second-order valence-corrected chi connectivity index (χ2v) is 6.60. The highest BCUT2D eigenvalue weighted by Gasteiger charge is 2.34. The third-order valence-electron chi connectivity index (χ3n) is 4.79. The van der Waals surface area contributed by atoms with Gasteiger partial charge in [-0.3, -0.25) is 0 Å². The van der Waals surface area contributed by atoms with E-state index < -0.39 is 6.10 Å². The number of benzene rings is 3. The molecule has 3 aromatic carbocycles. The Morgan fingerprint density at radius 1 is 0.857 bits per heavy atom. The minimum absolute atomic E-state index is 0.164. The van der Waals surface area contributed by atoms with Crippen molar-refractivity contribution in [3.63, 3.8) is 0 Å². The molecule has 1 aliphatic rings. The van der Waals surface area contributed by atoms with E-state index in [4.69, 9.17) is 9.47 Å². The van der Waals surface area contributed by atoms with Crippen molar-refractivity contribution in [1.29, 1.82) is 0 Å². The number of rotatable bonds is 4. The lowest BCUT2D eigenvalue weighted by Gasteiger charge is -2.35. The van der Waals surface area contributed by atoms with Gasteiger partial charge < -0.3 is 14.6 Å². The second-order valence-electron chi connectivity index (χ2n) is 6.60. The largest absolute Gasteiger partial charge is 0.594 e. The Balaban J connectivity index is 1.81. The fourth-order valence-electron chi connectivity index (χ4n) is 3.45. The molecule has 0 spiro atoms. The molecule has 4 heteroatoms. The first-order valence-electron chi connectivity index (χ1n) is 9.16. The molecule has 2 atom stereocenters. The summed E-state index contributed by atoms with van der Waals surface area (Å²) in [7, 11) is 1.64. The van der Waals surface area contributed by atoms with Crippen molar-refractivity contribution in [2.75, 3.05) is 7.11 Å². The predicted octanol–water partition coefficient (Wildman–Crippen LogP) is 3.80. The van der Waals surface area contributed by atoms with Gasteiger partial charge in [-0.2, -0.15) is 4.58 Å². The van der Waals surface area contributed by atoms with Crippen LogP contribution in [0.4, 0.5) is 0 Å². The average molecular weight is 371 g/mol. The summed E-state index contributed by atoms with van der Waals surface area (Å²) in [6.07, 6.45) is 3.07. The molecule has 0 radical (unpaired) electrons. The van der Waals surface area contributed by atoms with Gasteiger partial charge in [0.05, 0.1) is 13.2 Å². The number of hydrogen-bond acceptors (Lipinski definition) is 3. The molecule has 0 unspecified atom stereocenters. The topological polar surface area (TPSA) is 44.5 Å². The zero-order valence-corrected chi connectivity index (χ0v) is 15.6. The van der Waals surface area contributed by atoms with Gasteiger partial charge in [0.2, 0.25) is 0 Å². The highest BCUT2D eigenvalue weighted by Crippen LogP contribution is 2.38. The van der Waals surface area contributed by atoms with Crippen LogP contribution in [0.2, 0.25) is 0 Å². The lowest BCUT2D eigenvalue weighted by Crippen LogP contribution is -2.32. The molecule has 3 aromatic rings. The SMILES string of the molecule is COc1ccc(C=[N+]2C=C([O-])O[C@H](c3ccccc3)[C@@H]2c2ccccc2)cc1. The summed E-state index contributed by atoms with van der Waals surface area (Å²) in [5.74, 6) is 0.437. The summed E-state index contributed by atoms with van der Waals surface area (Å²) in [6.45, 7) is 0. The van der Waals surface area contributed by atoms with Crippen molar-refractivity contribution < 1.29 is 19.2 Å². The third kappa shape index (κ3) is 3.76. The smallest absolute Gasteiger partial charge is 0.199 e. The standard InChI is InChI=1S/C24H21NO3/c1-27-21-14-12-18(13-15-21)16-25-17-22(26)28-24(20-10-6-3-7-11-20)23(25)19-8-4-2-5-9-19/h2-17,23-24H,1H3/t23-,24+/m0/s1. The molecule has 0 bridgehead atoms. The van der Waals surface area contributed by atoms with E-state index in [9.17, 15) is 5.11 Å². The summed E-state index contributed by atoms with van der Waals surface area (Å²) < 4.78 is 12.9. The van der Waals surface area contributed by atoms with Crippen LogP contribution < -0.4 is 9.84 Å². The second kappa shape index (κ2) is 8.01. The molecule has 0 N–H and O–H groups in total. The number of ether oxygens (including phenoxy) is 2. The van der Waals surface area contributed by atoms with Crippen LogP contribution in [0.25, 0.3) is 0 Å². The first-order chi connectivity index (χ1) is 13.7. The Hall–Kier alpha value is -3.53. The van der Waals surface area contributed by atoms with E-state index in [1.165, 1.54) is 6.20 Å². The van der Waals surface area contributed by atoms with Crippen LogP contribution in [0.3, 0.4) is 0 Å². The Labute approximate surface area is 164 Å². The Morgan fingerprint density at radius 3 is 2.07 bits per heavy atom. The molecule has 28 heavy (non-hydrogen) atoms. The van der Waals surface area contributed by atoms with E-state index in [0.29, 0.717) is 0 Å². The fraction of sp³-hybridized carbons (Fsp3) is 0.125. The van der Waals surface area contributed by atoms with Crippen LogP contribution in [0.5, 0.6) is 5.75 Å². The molecule has 0 amide bonds. The zero-order chi connectivity index (χ0) is 19.3. The monoisotopic (exact) mass is 371 g/mol. The van der Waals surface area contributed by atoms with Crippen LogP contribution >= 0.6 is 0 Å². The lowest BCUT2D eigenvalue weighted by molar-refractivity contribution is -0.553. The van der Waals surface area contributed by atoms with E-state index in [1.807, 2.05) is 83.6 Å². The maximum Gasteiger partial charge on any atom is 0.199 e. The quantitative estimate of drug-likeness (QED) is 0.656. The summed E-state index contributed by atoms with van der Waals surface area (Å²) in [5, 5.41) is 12.4. The number of nitrogens with zero attached hydrogens (tertiary/aromatic N) is 1. The van der Waals surface area contributed by atoms with E-state index in [2.05, 4.69) is 12.1 Å². The van der Waals surface area contributed by atoms with E-state index in [0.717, 1.165) is 22.4 Å². The molecule has 1 heterocycles. The third-order valence-corrected chi connectivity index (χ3v) is 4.79. The molecular formula is C24H21NO3. The molecule has 4 rings (SSSR count). The summed E-state index contributed by atoms with van der Waals surface area (Å²) >= 11 is 0. The number of hydrogen-bond donors (Lipinski definition) is 0. The molecule has 0 saturated heterocycles. The van der Waals surface area contributed by atoms with Crippen molar-refractivity contribution in [3.05, 3.63) is 114 Å². The van der Waals surface area contributed by atoms with Crippen LogP contribution in [0.15, 0.2) is 97.1 Å². The minimum Gasteiger partial charge on any atom is -0.594 e. The lowest BCUT2D eigenvalue weighted by atomic mass is 9.94. The van der Waals surface area contributed by atoms with E-state index in [1.54, 1.807) is 7.11 Å². The van der Waals surface area contributed by atoms with Crippen LogP contribution in [0.1, 0.15) is 28.8 Å². The van der Waals surface area contributed by atoms with Crippen LogP contribution in [-0.4, -0.2) is 17.9 Å². The predicted molar refractivity (Wildman–Crippen MR) is 106 cm³/mol. The van der Waals surface area contributed by atoms with E-state index >= 15 is 0 Å². The first kappa shape index (κ1) is 17.9. The molecule has 0 saturated carbocycles. The van der Waals surface area contributed by atoms with Gasteiger partial charge in [0, 0.05) is 11.1 Å². The van der Waals surface area contributed by atoms with Gasteiger partial charge in [-0.1, -0.05) is 60.7 Å². The average Bonchev–Trinajstić information content (AvgIpc) is 2.75. The molecule has 0 aliphatic carbocycles. The first-order valence-corrected chi connectivity index (χ1v) is 9.16. The van der Waals surface area contributed by atoms with Gasteiger partial charge in [-0.15, -0.1) is 0 Å². The highest BCUT2D eigenvalue weighted by atomic mass is 16.6. The van der Waals surface area contributed by atoms with Gasteiger partial charge in [-0.05, 0) is 29.8 Å². The van der Waals surface area contributed by atoms with Gasteiger partial charge in [0.15, 0.2) is 18.5 Å². The van der Waals surface area contributed by atoms with Crippen molar-refractivity contribution in [2.24, 2.45) is 0 Å². The molecule has 140 valence electrons. The van der Waals surface area contributed by atoms with Crippen LogP contribution in [-0.2, 0) is 4.74 Å². The van der Waals surface area contributed by atoms with Crippen LogP contribution in [0, 0.1) is 0 Å². The van der Waals surface area contributed by atoms with Gasteiger partial charge in [0.1, 0.15) is 11.7 Å². The summed E-state index contributed by atoms with van der Waals surface area (Å²) in [5.41, 5.74) is 3.01. The summed E-state index contributed by atoms with van der Waals surface area (Å²) in [6, 6.07) is 27.5. The minimum atomic E-state index is -0.407. The van der Waals surface area contributed by atoms with Crippen molar-refractivity contribution in [3.8, 4) is 5.75 Å². The van der Waals surface area contributed by atoms with Crippen molar-refractivity contribution in [1.82, 2.24) is 0 Å². The maximum atomic E-state index is 12.4.